The van der Waals surface area contributed by atoms with E-state index >= 15 is 0 Å². The summed E-state index contributed by atoms with van der Waals surface area (Å²) in [5.74, 6) is -0.124. The van der Waals surface area contributed by atoms with E-state index in [0.29, 0.717) is 0 Å². The van der Waals surface area contributed by atoms with E-state index in [1.165, 1.54) is 12.4 Å². The van der Waals surface area contributed by atoms with Crippen molar-refractivity contribution in [2.24, 2.45) is 0 Å². The second-order valence-corrected chi connectivity index (χ2v) is 2.25. The Kier molecular flexibility index (Phi) is 2.76. The van der Waals surface area contributed by atoms with Crippen molar-refractivity contribution in [3.05, 3.63) is 30.2 Å². The summed E-state index contributed by atoms with van der Waals surface area (Å²) in [6.45, 7) is 3.28. The summed E-state index contributed by atoms with van der Waals surface area (Å²) in [6.07, 6.45) is 4.00. The van der Waals surface area contributed by atoms with Crippen LogP contribution in [0.3, 0.4) is 0 Å². The van der Waals surface area contributed by atoms with Gasteiger partial charge in [-0.1, -0.05) is 18.2 Å². The highest BCUT2D eigenvalue weighted by Crippen LogP contribution is 2.13. The van der Waals surface area contributed by atoms with E-state index < -0.39 is 0 Å². The number of nitrogens with zero attached hydrogens (tertiary/aromatic N) is 2. The molecule has 12 heavy (non-hydrogen) atoms. The average Bonchev–Trinajstić information content (AvgIpc) is 2.09. The molecular weight excluding hydrogens is 178 g/mol. The molecule has 0 atom stereocenters. The van der Waals surface area contributed by atoms with Crippen molar-refractivity contribution < 1.29 is 4.79 Å². The van der Waals surface area contributed by atoms with E-state index in [1.54, 1.807) is 0 Å². The summed E-state index contributed by atoms with van der Waals surface area (Å²) in [5.41, 5.74) is 0. The van der Waals surface area contributed by atoms with Crippen LogP contribution in [0.15, 0.2) is 25.0 Å². The predicted octanol–water partition coefficient (Wildman–Crippen LogP) is 1.25. The Morgan fingerprint density at radius 3 is 2.83 bits per heavy atom. The number of amides is 1. The first-order valence-corrected chi connectivity index (χ1v) is 3.51. The van der Waals surface area contributed by atoms with Gasteiger partial charge < -0.3 is 5.32 Å². The molecule has 4 nitrogen and oxygen atoms in total. The lowest BCUT2D eigenvalue weighted by Crippen LogP contribution is -2.09. The van der Waals surface area contributed by atoms with E-state index in [1.807, 2.05) is 0 Å². The third-order valence-electron chi connectivity index (χ3n) is 1.08. The van der Waals surface area contributed by atoms with Crippen LogP contribution < -0.4 is 5.32 Å². The van der Waals surface area contributed by atoms with Crippen LogP contribution in [-0.2, 0) is 4.79 Å². The van der Waals surface area contributed by atoms with Gasteiger partial charge in [-0.3, -0.25) is 4.79 Å². The molecule has 1 N–H and O–H groups in total. The molecule has 0 saturated carbocycles. The number of halogens is 1. The number of carbonyl (C=O) groups excluding carboxylic acids is 1. The molecule has 0 spiro atoms. The minimum Gasteiger partial charge on any atom is -0.305 e. The van der Waals surface area contributed by atoms with Crippen LogP contribution in [0.1, 0.15) is 0 Å². The molecule has 0 unspecified atom stereocenters. The van der Waals surface area contributed by atoms with Crippen molar-refractivity contribution in [2.75, 3.05) is 5.32 Å². The molecule has 62 valence electrons. The summed E-state index contributed by atoms with van der Waals surface area (Å²) in [4.78, 5) is 18.3. The monoisotopic (exact) mass is 183 g/mol. The number of hydrogen-bond donors (Lipinski definition) is 1. The highest BCUT2D eigenvalue weighted by Gasteiger charge is 2.02. The summed E-state index contributed by atoms with van der Waals surface area (Å²) >= 11 is 5.60. The van der Waals surface area contributed by atoms with Crippen molar-refractivity contribution in [2.45, 2.75) is 0 Å². The van der Waals surface area contributed by atoms with Crippen LogP contribution in [0.25, 0.3) is 0 Å². The van der Waals surface area contributed by atoms with Gasteiger partial charge in [0.2, 0.25) is 5.91 Å². The van der Waals surface area contributed by atoms with E-state index in [2.05, 4.69) is 21.9 Å². The molecule has 0 aromatic carbocycles. The number of aromatic nitrogens is 2. The normalized spacial score (nSPS) is 9.08. The van der Waals surface area contributed by atoms with E-state index in [0.717, 1.165) is 6.08 Å². The molecule has 0 saturated heterocycles. The van der Waals surface area contributed by atoms with Gasteiger partial charge in [-0.2, -0.15) is 0 Å². The quantitative estimate of drug-likeness (QED) is 0.703. The first kappa shape index (κ1) is 8.67. The number of anilines is 1. The van der Waals surface area contributed by atoms with E-state index in [-0.39, 0.29) is 16.9 Å². The molecule has 1 heterocycles. The summed E-state index contributed by atoms with van der Waals surface area (Å²) in [6, 6.07) is 0. The summed E-state index contributed by atoms with van der Waals surface area (Å²) in [5, 5.41) is 2.56. The molecule has 0 aliphatic carbocycles. The average molecular weight is 184 g/mol. The molecular formula is C7H6ClN3O. The van der Waals surface area contributed by atoms with Crippen LogP contribution in [0.5, 0.6) is 0 Å². The van der Waals surface area contributed by atoms with Crippen molar-refractivity contribution >= 4 is 23.3 Å². The number of hydrogen-bond acceptors (Lipinski definition) is 3. The zero-order chi connectivity index (χ0) is 8.97. The third kappa shape index (κ3) is 2.03. The smallest absolute Gasteiger partial charge is 0.249 e. The van der Waals surface area contributed by atoms with Gasteiger partial charge in [0, 0.05) is 12.4 Å². The largest absolute Gasteiger partial charge is 0.305 e. The van der Waals surface area contributed by atoms with Gasteiger partial charge in [-0.15, -0.1) is 0 Å². The van der Waals surface area contributed by atoms with E-state index in [9.17, 15) is 4.79 Å². The molecule has 1 aromatic heterocycles. The molecule has 1 aromatic rings. The molecule has 1 rings (SSSR count). The van der Waals surface area contributed by atoms with Crippen LogP contribution >= 0.6 is 11.6 Å². The van der Waals surface area contributed by atoms with Crippen LogP contribution in [0, 0.1) is 0 Å². The van der Waals surface area contributed by atoms with Gasteiger partial charge in [-0.25, -0.2) is 9.97 Å². The number of rotatable bonds is 2. The fourth-order valence-corrected chi connectivity index (χ4v) is 0.725. The van der Waals surface area contributed by atoms with Crippen molar-refractivity contribution in [3.8, 4) is 0 Å². The van der Waals surface area contributed by atoms with Gasteiger partial charge >= 0.3 is 0 Å². The van der Waals surface area contributed by atoms with Crippen LogP contribution in [0.4, 0.5) is 5.82 Å². The van der Waals surface area contributed by atoms with Crippen molar-refractivity contribution in [1.82, 2.24) is 9.97 Å². The number of carbonyl (C=O) groups is 1. The molecule has 0 fully saturated rings. The third-order valence-corrected chi connectivity index (χ3v) is 1.36. The minimum atomic E-state index is -0.364. The van der Waals surface area contributed by atoms with Crippen molar-refractivity contribution in [3.63, 3.8) is 0 Å². The Balaban J connectivity index is 2.82. The maximum Gasteiger partial charge on any atom is 0.249 e. The SMILES string of the molecule is C=CC(=O)Nc1nccnc1Cl. The van der Waals surface area contributed by atoms with Crippen molar-refractivity contribution in [1.29, 1.82) is 0 Å². The lowest BCUT2D eigenvalue weighted by molar-refractivity contribution is -0.111. The molecule has 0 radical (unpaired) electrons. The van der Waals surface area contributed by atoms with Gasteiger partial charge in [0.25, 0.3) is 0 Å². The zero-order valence-electron chi connectivity index (χ0n) is 6.12. The Morgan fingerprint density at radius 1 is 1.58 bits per heavy atom. The highest BCUT2D eigenvalue weighted by molar-refractivity contribution is 6.32. The first-order chi connectivity index (χ1) is 5.74. The maximum absolute atomic E-state index is 10.8. The molecule has 5 heteroatoms. The lowest BCUT2D eigenvalue weighted by atomic mass is 10.5. The predicted molar refractivity (Wildman–Crippen MR) is 45.9 cm³/mol. The molecule has 0 aliphatic rings. The summed E-state index contributed by atoms with van der Waals surface area (Å²) < 4.78 is 0. The minimum absolute atomic E-state index is 0.160. The topological polar surface area (TPSA) is 54.9 Å². The van der Waals surface area contributed by atoms with Crippen LogP contribution in [0.2, 0.25) is 5.15 Å². The van der Waals surface area contributed by atoms with Gasteiger partial charge in [-0.05, 0) is 6.08 Å². The van der Waals surface area contributed by atoms with E-state index in [4.69, 9.17) is 11.6 Å². The standard InChI is InChI=1S/C7H6ClN3O/c1-2-5(12)11-7-6(8)9-3-4-10-7/h2-4H,1H2,(H,10,11,12). The Labute approximate surface area is 74.3 Å². The lowest BCUT2D eigenvalue weighted by Gasteiger charge is -2.00. The number of nitrogens with one attached hydrogen (secondary N) is 1. The van der Waals surface area contributed by atoms with Gasteiger partial charge in [0.15, 0.2) is 11.0 Å². The molecule has 0 aliphatic heterocycles. The summed E-state index contributed by atoms with van der Waals surface area (Å²) in [7, 11) is 0. The fourth-order valence-electron chi connectivity index (χ4n) is 0.573. The maximum atomic E-state index is 10.8. The molecule has 1 amide bonds. The zero-order valence-corrected chi connectivity index (χ0v) is 6.88. The highest BCUT2D eigenvalue weighted by atomic mass is 35.5. The first-order valence-electron chi connectivity index (χ1n) is 3.14. The second-order valence-electron chi connectivity index (χ2n) is 1.89. The van der Waals surface area contributed by atoms with Gasteiger partial charge in [0.1, 0.15) is 0 Å². The Morgan fingerprint density at radius 2 is 2.25 bits per heavy atom. The fraction of sp³-hybridized carbons (Fsp3) is 0. The Bertz CT molecular complexity index is 313. The second kappa shape index (κ2) is 3.82. The Hall–Kier alpha value is -1.42. The van der Waals surface area contributed by atoms with Gasteiger partial charge in [0.05, 0.1) is 0 Å². The molecule has 0 bridgehead atoms. The van der Waals surface area contributed by atoms with Crippen LogP contribution in [-0.4, -0.2) is 15.9 Å².